The molecule has 0 aromatic carbocycles. The number of nitrogens with zero attached hydrogens (tertiary/aromatic N) is 2. The molecule has 5 nitrogen and oxygen atoms in total. The smallest absolute Gasteiger partial charge is 0.257 e. The molecule has 2 rings (SSSR count). The van der Waals surface area contributed by atoms with E-state index in [2.05, 4.69) is 15.5 Å². The number of nitrogens with one attached hydrogen (secondary N) is 2. The highest BCUT2D eigenvalue weighted by Gasteiger charge is 2.24. The van der Waals surface area contributed by atoms with Crippen molar-refractivity contribution in [3.8, 4) is 0 Å². The molecular formula is C11H19ClN4O. The number of H-pyrrole nitrogens is 1. The van der Waals surface area contributed by atoms with Crippen LogP contribution in [0.2, 0.25) is 0 Å². The SMILES string of the molecule is CNC1CCCN(C(=O)c2cn[nH]c2C)C1.Cl. The van der Waals surface area contributed by atoms with Gasteiger partial charge in [-0.1, -0.05) is 0 Å². The number of carbonyl (C=O) groups excluding carboxylic acids is 1. The second-order valence-corrected chi connectivity index (χ2v) is 4.29. The molecule has 17 heavy (non-hydrogen) atoms. The Balaban J connectivity index is 0.00000144. The normalized spacial score (nSPS) is 19.9. The third-order valence-electron chi connectivity index (χ3n) is 3.18. The number of likely N-dealkylation sites (N-methyl/N-ethyl adjacent to an activating group) is 1. The summed E-state index contributed by atoms with van der Waals surface area (Å²) in [5.41, 5.74) is 1.54. The summed E-state index contributed by atoms with van der Waals surface area (Å²) in [6.45, 7) is 3.52. The number of hydrogen-bond acceptors (Lipinski definition) is 3. The molecule has 0 spiro atoms. The van der Waals surface area contributed by atoms with E-state index in [1.165, 1.54) is 0 Å². The van der Waals surface area contributed by atoms with Gasteiger partial charge in [0.25, 0.3) is 5.91 Å². The predicted octanol–water partition coefficient (Wildman–Crippen LogP) is 0.964. The number of carbonyl (C=O) groups is 1. The molecular weight excluding hydrogens is 240 g/mol. The van der Waals surface area contributed by atoms with Crippen molar-refractivity contribution in [3.63, 3.8) is 0 Å². The number of aromatic nitrogens is 2. The Kier molecular flexibility index (Phi) is 4.96. The zero-order valence-electron chi connectivity index (χ0n) is 10.2. The summed E-state index contributed by atoms with van der Waals surface area (Å²) in [6.07, 6.45) is 3.82. The average Bonchev–Trinajstić information content (AvgIpc) is 2.74. The van der Waals surface area contributed by atoms with Crippen molar-refractivity contribution >= 4 is 18.3 Å². The molecule has 1 saturated heterocycles. The van der Waals surface area contributed by atoms with E-state index in [0.29, 0.717) is 11.6 Å². The standard InChI is InChI=1S/C11H18N4O.ClH/c1-8-10(6-13-14-8)11(16)15-5-3-4-9(7-15)12-2;/h6,9,12H,3-5,7H2,1-2H3,(H,13,14);1H. The lowest BCUT2D eigenvalue weighted by molar-refractivity contribution is 0.0697. The molecule has 0 saturated carbocycles. The van der Waals surface area contributed by atoms with Gasteiger partial charge < -0.3 is 10.2 Å². The summed E-state index contributed by atoms with van der Waals surface area (Å²) >= 11 is 0. The first-order valence-corrected chi connectivity index (χ1v) is 5.69. The Morgan fingerprint density at radius 1 is 1.65 bits per heavy atom. The molecule has 1 aromatic rings. The first-order chi connectivity index (χ1) is 7.72. The second kappa shape index (κ2) is 6.02. The summed E-state index contributed by atoms with van der Waals surface area (Å²) < 4.78 is 0. The summed E-state index contributed by atoms with van der Waals surface area (Å²) in [6, 6.07) is 0.421. The van der Waals surface area contributed by atoms with Crippen LogP contribution in [0.4, 0.5) is 0 Å². The van der Waals surface area contributed by atoms with E-state index >= 15 is 0 Å². The minimum Gasteiger partial charge on any atom is -0.337 e. The van der Waals surface area contributed by atoms with Gasteiger partial charge in [0.1, 0.15) is 0 Å². The van der Waals surface area contributed by atoms with Crippen LogP contribution in [0.25, 0.3) is 0 Å². The van der Waals surface area contributed by atoms with Gasteiger partial charge in [0.2, 0.25) is 0 Å². The van der Waals surface area contributed by atoms with Gasteiger partial charge in [0.15, 0.2) is 0 Å². The summed E-state index contributed by atoms with van der Waals surface area (Å²) in [7, 11) is 1.95. The lowest BCUT2D eigenvalue weighted by atomic mass is 10.0. The predicted molar refractivity (Wildman–Crippen MR) is 68.6 cm³/mol. The molecule has 0 radical (unpaired) electrons. The van der Waals surface area contributed by atoms with E-state index in [0.717, 1.165) is 31.6 Å². The molecule has 2 N–H and O–H groups in total. The Hall–Kier alpha value is -1.07. The van der Waals surface area contributed by atoms with Crippen LogP contribution < -0.4 is 5.32 Å². The number of aryl methyl sites for hydroxylation is 1. The molecule has 1 atom stereocenters. The summed E-state index contributed by atoms with van der Waals surface area (Å²) in [4.78, 5) is 14.1. The van der Waals surface area contributed by atoms with E-state index in [1.807, 2.05) is 18.9 Å². The van der Waals surface area contributed by atoms with Crippen molar-refractivity contribution in [3.05, 3.63) is 17.5 Å². The van der Waals surface area contributed by atoms with Gasteiger partial charge in [-0.05, 0) is 26.8 Å². The minimum atomic E-state index is 0. The number of rotatable bonds is 2. The third kappa shape index (κ3) is 2.98. The number of piperidine rings is 1. The maximum absolute atomic E-state index is 12.2. The molecule has 1 unspecified atom stereocenters. The zero-order chi connectivity index (χ0) is 11.5. The van der Waals surface area contributed by atoms with Crippen LogP contribution in [-0.2, 0) is 0 Å². The molecule has 0 aliphatic carbocycles. The van der Waals surface area contributed by atoms with Crippen LogP contribution >= 0.6 is 12.4 Å². The monoisotopic (exact) mass is 258 g/mol. The van der Waals surface area contributed by atoms with Crippen LogP contribution in [0.3, 0.4) is 0 Å². The van der Waals surface area contributed by atoms with Gasteiger partial charge in [0.05, 0.1) is 11.8 Å². The van der Waals surface area contributed by atoms with Crippen LogP contribution in [0.1, 0.15) is 28.9 Å². The molecule has 1 fully saturated rings. The maximum Gasteiger partial charge on any atom is 0.257 e. The van der Waals surface area contributed by atoms with Crippen LogP contribution in [-0.4, -0.2) is 47.2 Å². The maximum atomic E-state index is 12.2. The van der Waals surface area contributed by atoms with Crippen molar-refractivity contribution in [2.45, 2.75) is 25.8 Å². The molecule has 2 heterocycles. The summed E-state index contributed by atoms with van der Waals surface area (Å²) in [5, 5.41) is 9.92. The number of amides is 1. The number of halogens is 1. The first kappa shape index (κ1) is 14.0. The third-order valence-corrected chi connectivity index (χ3v) is 3.18. The van der Waals surface area contributed by atoms with E-state index in [9.17, 15) is 4.79 Å². The molecule has 1 aliphatic heterocycles. The average molecular weight is 259 g/mol. The van der Waals surface area contributed by atoms with E-state index in [1.54, 1.807) is 6.20 Å². The van der Waals surface area contributed by atoms with Crippen molar-refractivity contribution < 1.29 is 4.79 Å². The van der Waals surface area contributed by atoms with Crippen LogP contribution in [0.15, 0.2) is 6.20 Å². The number of aromatic amines is 1. The minimum absolute atomic E-state index is 0. The Morgan fingerprint density at radius 3 is 3.00 bits per heavy atom. The summed E-state index contributed by atoms with van der Waals surface area (Å²) in [5.74, 6) is 0.0891. The fourth-order valence-electron chi connectivity index (χ4n) is 2.13. The van der Waals surface area contributed by atoms with Crippen molar-refractivity contribution in [2.75, 3.05) is 20.1 Å². The van der Waals surface area contributed by atoms with Crippen molar-refractivity contribution in [1.29, 1.82) is 0 Å². The largest absolute Gasteiger partial charge is 0.337 e. The first-order valence-electron chi connectivity index (χ1n) is 5.69. The topological polar surface area (TPSA) is 61.0 Å². The highest BCUT2D eigenvalue weighted by molar-refractivity contribution is 5.95. The van der Waals surface area contributed by atoms with Gasteiger partial charge >= 0.3 is 0 Å². The Labute approximate surface area is 107 Å². The molecule has 6 heteroatoms. The van der Waals surface area contributed by atoms with E-state index in [4.69, 9.17) is 0 Å². The number of likely N-dealkylation sites (tertiary alicyclic amines) is 1. The second-order valence-electron chi connectivity index (χ2n) is 4.29. The van der Waals surface area contributed by atoms with Crippen molar-refractivity contribution in [2.24, 2.45) is 0 Å². The zero-order valence-corrected chi connectivity index (χ0v) is 11.0. The van der Waals surface area contributed by atoms with Gasteiger partial charge in [-0.15, -0.1) is 12.4 Å². The van der Waals surface area contributed by atoms with Gasteiger partial charge in [0, 0.05) is 24.8 Å². The lowest BCUT2D eigenvalue weighted by Crippen LogP contribution is -2.47. The van der Waals surface area contributed by atoms with Gasteiger partial charge in [-0.2, -0.15) is 5.10 Å². The highest BCUT2D eigenvalue weighted by atomic mass is 35.5. The molecule has 0 bridgehead atoms. The van der Waals surface area contributed by atoms with E-state index < -0.39 is 0 Å². The van der Waals surface area contributed by atoms with Crippen LogP contribution in [0, 0.1) is 6.92 Å². The lowest BCUT2D eigenvalue weighted by Gasteiger charge is -2.32. The quantitative estimate of drug-likeness (QED) is 0.831. The van der Waals surface area contributed by atoms with Crippen molar-refractivity contribution in [1.82, 2.24) is 20.4 Å². The van der Waals surface area contributed by atoms with E-state index in [-0.39, 0.29) is 18.3 Å². The molecule has 1 aliphatic rings. The molecule has 1 amide bonds. The Morgan fingerprint density at radius 2 is 2.41 bits per heavy atom. The van der Waals surface area contributed by atoms with Gasteiger partial charge in [-0.3, -0.25) is 9.89 Å². The highest BCUT2D eigenvalue weighted by Crippen LogP contribution is 2.14. The fourth-order valence-corrected chi connectivity index (χ4v) is 2.13. The number of hydrogen-bond donors (Lipinski definition) is 2. The van der Waals surface area contributed by atoms with Crippen LogP contribution in [0.5, 0.6) is 0 Å². The molecule has 96 valence electrons. The Bertz CT molecular complexity index is 379. The molecule has 1 aromatic heterocycles. The van der Waals surface area contributed by atoms with Gasteiger partial charge in [-0.25, -0.2) is 0 Å². The fraction of sp³-hybridized carbons (Fsp3) is 0.636.